The molecule has 0 aromatic heterocycles. The lowest BCUT2D eigenvalue weighted by Crippen LogP contribution is -2.50. The molecule has 4 heteroatoms. The number of piperidine rings is 1. The topological polar surface area (TPSA) is 52.6 Å². The third-order valence-electron chi connectivity index (χ3n) is 5.16. The van der Waals surface area contributed by atoms with E-state index in [-0.39, 0.29) is 24.7 Å². The summed E-state index contributed by atoms with van der Waals surface area (Å²) in [4.78, 5) is 14.7. The molecule has 2 atom stereocenters. The second kappa shape index (κ2) is 7.35. The summed E-state index contributed by atoms with van der Waals surface area (Å²) in [6.45, 7) is 3.04. The van der Waals surface area contributed by atoms with Gasteiger partial charge in [-0.15, -0.1) is 0 Å². The van der Waals surface area contributed by atoms with Crippen molar-refractivity contribution < 1.29 is 9.90 Å². The summed E-state index contributed by atoms with van der Waals surface area (Å²) in [5.41, 5.74) is 2.45. The fourth-order valence-corrected chi connectivity index (χ4v) is 3.61. The molecule has 0 radical (unpaired) electrons. The van der Waals surface area contributed by atoms with E-state index in [1.165, 1.54) is 24.0 Å². The first-order chi connectivity index (χ1) is 11.2. The smallest absolute Gasteiger partial charge is 0.318 e. The van der Waals surface area contributed by atoms with Gasteiger partial charge < -0.3 is 15.3 Å². The molecule has 3 rings (SSSR count). The van der Waals surface area contributed by atoms with Crippen LogP contribution in [0.1, 0.15) is 55.7 Å². The van der Waals surface area contributed by atoms with E-state index in [4.69, 9.17) is 0 Å². The summed E-state index contributed by atoms with van der Waals surface area (Å²) in [6, 6.07) is 8.87. The number of carbonyl (C=O) groups is 1. The normalized spacial score (nSPS) is 22.7. The molecule has 1 saturated heterocycles. The van der Waals surface area contributed by atoms with Gasteiger partial charge in [-0.05, 0) is 56.9 Å². The van der Waals surface area contributed by atoms with E-state index in [9.17, 15) is 9.90 Å². The molecule has 2 unspecified atom stereocenters. The standard InChI is InChI=1S/C19H28N2O2/c1-14-5-7-15(8-6-14)18(16-9-10-16)20-19(23)21-12-3-2-4-17(21)11-13-22/h5-8,16-18,22H,2-4,9-13H2,1H3,(H,20,23). The van der Waals surface area contributed by atoms with Crippen LogP contribution in [0, 0.1) is 12.8 Å². The number of likely N-dealkylation sites (tertiary alicyclic amines) is 1. The summed E-state index contributed by atoms with van der Waals surface area (Å²) in [5.74, 6) is 0.572. The van der Waals surface area contributed by atoms with Gasteiger partial charge in [0.05, 0.1) is 6.04 Å². The highest BCUT2D eigenvalue weighted by Crippen LogP contribution is 2.41. The molecule has 1 aliphatic heterocycles. The van der Waals surface area contributed by atoms with Crippen LogP contribution in [0.4, 0.5) is 4.79 Å². The molecule has 126 valence electrons. The minimum absolute atomic E-state index is 0.0422. The van der Waals surface area contributed by atoms with Crippen LogP contribution >= 0.6 is 0 Å². The van der Waals surface area contributed by atoms with Crippen molar-refractivity contribution in [1.82, 2.24) is 10.2 Å². The fraction of sp³-hybridized carbons (Fsp3) is 0.632. The molecule has 1 heterocycles. The van der Waals surface area contributed by atoms with Crippen molar-refractivity contribution in [3.63, 3.8) is 0 Å². The molecule has 1 aromatic carbocycles. The maximum absolute atomic E-state index is 12.8. The SMILES string of the molecule is Cc1ccc(C(NC(=O)N2CCCCC2CCO)C2CC2)cc1. The fourth-order valence-electron chi connectivity index (χ4n) is 3.61. The minimum Gasteiger partial charge on any atom is -0.396 e. The number of nitrogens with one attached hydrogen (secondary N) is 1. The highest BCUT2D eigenvalue weighted by Gasteiger charge is 2.35. The maximum atomic E-state index is 12.8. The van der Waals surface area contributed by atoms with Crippen LogP contribution in [0.3, 0.4) is 0 Å². The number of carbonyl (C=O) groups excluding carboxylic acids is 1. The first-order valence-corrected chi connectivity index (χ1v) is 8.93. The zero-order chi connectivity index (χ0) is 16.2. The van der Waals surface area contributed by atoms with Crippen LogP contribution in [0.15, 0.2) is 24.3 Å². The van der Waals surface area contributed by atoms with Crippen molar-refractivity contribution in [1.29, 1.82) is 0 Å². The molecule has 2 aliphatic rings. The molecule has 0 spiro atoms. The molecule has 2 amide bonds. The van der Waals surface area contributed by atoms with E-state index in [2.05, 4.69) is 36.5 Å². The Morgan fingerprint density at radius 3 is 2.65 bits per heavy atom. The van der Waals surface area contributed by atoms with Gasteiger partial charge in [-0.2, -0.15) is 0 Å². The van der Waals surface area contributed by atoms with Crippen LogP contribution in [0.2, 0.25) is 0 Å². The average molecular weight is 316 g/mol. The Morgan fingerprint density at radius 1 is 1.26 bits per heavy atom. The molecule has 23 heavy (non-hydrogen) atoms. The van der Waals surface area contributed by atoms with Crippen molar-refractivity contribution in [2.75, 3.05) is 13.2 Å². The second-order valence-corrected chi connectivity index (χ2v) is 7.03. The van der Waals surface area contributed by atoms with Crippen molar-refractivity contribution in [3.05, 3.63) is 35.4 Å². The average Bonchev–Trinajstić information content (AvgIpc) is 3.39. The van der Waals surface area contributed by atoms with Crippen molar-refractivity contribution >= 4 is 6.03 Å². The number of aryl methyl sites for hydroxylation is 1. The number of hydrogen-bond donors (Lipinski definition) is 2. The zero-order valence-corrected chi connectivity index (χ0v) is 14.0. The van der Waals surface area contributed by atoms with Crippen LogP contribution in [0.25, 0.3) is 0 Å². The lowest BCUT2D eigenvalue weighted by atomic mass is 9.99. The van der Waals surface area contributed by atoms with Gasteiger partial charge in [0.1, 0.15) is 0 Å². The first-order valence-electron chi connectivity index (χ1n) is 8.93. The van der Waals surface area contributed by atoms with Crippen LogP contribution in [0.5, 0.6) is 0 Å². The molecule has 2 fully saturated rings. The number of aliphatic hydroxyl groups excluding tert-OH is 1. The Bertz CT molecular complexity index is 523. The summed E-state index contributed by atoms with van der Waals surface area (Å²) < 4.78 is 0. The Kier molecular flexibility index (Phi) is 5.21. The van der Waals surface area contributed by atoms with Gasteiger partial charge in [-0.25, -0.2) is 4.79 Å². The Hall–Kier alpha value is -1.55. The molecule has 1 saturated carbocycles. The molecular weight excluding hydrogens is 288 g/mol. The van der Waals surface area contributed by atoms with E-state index in [0.29, 0.717) is 12.3 Å². The Balaban J connectivity index is 1.69. The number of hydrogen-bond acceptors (Lipinski definition) is 2. The number of benzene rings is 1. The van der Waals surface area contributed by atoms with Crippen molar-refractivity contribution in [3.8, 4) is 0 Å². The summed E-state index contributed by atoms with van der Waals surface area (Å²) in [7, 11) is 0. The quantitative estimate of drug-likeness (QED) is 0.875. The number of nitrogens with zero attached hydrogens (tertiary/aromatic N) is 1. The van der Waals surface area contributed by atoms with E-state index in [0.717, 1.165) is 25.8 Å². The van der Waals surface area contributed by atoms with Gasteiger partial charge in [0.25, 0.3) is 0 Å². The number of aliphatic hydroxyl groups is 1. The first kappa shape index (κ1) is 16.3. The summed E-state index contributed by atoms with van der Waals surface area (Å²) >= 11 is 0. The van der Waals surface area contributed by atoms with Crippen LogP contribution < -0.4 is 5.32 Å². The predicted molar refractivity (Wildman–Crippen MR) is 91.2 cm³/mol. The Labute approximate surface area is 138 Å². The Morgan fingerprint density at radius 2 is 2.00 bits per heavy atom. The van der Waals surface area contributed by atoms with Crippen molar-refractivity contribution in [2.24, 2.45) is 5.92 Å². The van der Waals surface area contributed by atoms with E-state index < -0.39 is 0 Å². The number of rotatable bonds is 5. The lowest BCUT2D eigenvalue weighted by molar-refractivity contribution is 0.128. The maximum Gasteiger partial charge on any atom is 0.318 e. The van der Waals surface area contributed by atoms with E-state index in [1.807, 2.05) is 4.90 Å². The zero-order valence-electron chi connectivity index (χ0n) is 14.0. The second-order valence-electron chi connectivity index (χ2n) is 7.03. The predicted octanol–water partition coefficient (Wildman–Crippen LogP) is 3.39. The third-order valence-corrected chi connectivity index (χ3v) is 5.16. The highest BCUT2D eigenvalue weighted by atomic mass is 16.3. The minimum atomic E-state index is 0.0422. The van der Waals surface area contributed by atoms with Crippen LogP contribution in [-0.4, -0.2) is 35.2 Å². The summed E-state index contributed by atoms with van der Waals surface area (Å²) in [6.07, 6.45) is 6.29. The van der Waals surface area contributed by atoms with Gasteiger partial charge in [0, 0.05) is 19.2 Å². The van der Waals surface area contributed by atoms with Gasteiger partial charge >= 0.3 is 6.03 Å². The van der Waals surface area contributed by atoms with Gasteiger partial charge in [-0.1, -0.05) is 29.8 Å². The summed E-state index contributed by atoms with van der Waals surface area (Å²) in [5, 5.41) is 12.5. The molecule has 4 nitrogen and oxygen atoms in total. The molecule has 0 bridgehead atoms. The molecular formula is C19H28N2O2. The third kappa shape index (κ3) is 4.05. The molecule has 1 aliphatic carbocycles. The van der Waals surface area contributed by atoms with E-state index >= 15 is 0 Å². The number of amides is 2. The van der Waals surface area contributed by atoms with Gasteiger partial charge in [0.15, 0.2) is 0 Å². The molecule has 1 aromatic rings. The van der Waals surface area contributed by atoms with E-state index in [1.54, 1.807) is 0 Å². The monoisotopic (exact) mass is 316 g/mol. The lowest BCUT2D eigenvalue weighted by Gasteiger charge is -2.36. The molecule has 2 N–H and O–H groups in total. The highest BCUT2D eigenvalue weighted by molar-refractivity contribution is 5.75. The van der Waals surface area contributed by atoms with Gasteiger partial charge in [-0.3, -0.25) is 0 Å². The largest absolute Gasteiger partial charge is 0.396 e. The number of urea groups is 1. The van der Waals surface area contributed by atoms with Crippen molar-refractivity contribution in [2.45, 2.75) is 57.5 Å². The van der Waals surface area contributed by atoms with Gasteiger partial charge in [0.2, 0.25) is 0 Å². The van der Waals surface area contributed by atoms with Crippen LogP contribution in [-0.2, 0) is 0 Å².